The molecule has 0 amide bonds. The number of hydrogen-bond acceptors (Lipinski definition) is 6. The quantitative estimate of drug-likeness (QED) is 0.303. The predicted molar refractivity (Wildman–Crippen MR) is 115 cm³/mol. The Morgan fingerprint density at radius 3 is 1.86 bits per heavy atom. The Hall–Kier alpha value is -4.26. The monoisotopic (exact) mass is 385 g/mol. The van der Waals surface area contributed by atoms with Crippen LogP contribution < -0.4 is 11.5 Å². The minimum Gasteiger partial charge on any atom is -0.399 e. The molecule has 29 heavy (non-hydrogen) atoms. The molecule has 7 heteroatoms. The predicted octanol–water partition coefficient (Wildman–Crippen LogP) is 4.57. The van der Waals surface area contributed by atoms with E-state index in [1.54, 1.807) is 30.5 Å². The van der Waals surface area contributed by atoms with Gasteiger partial charge in [-0.15, -0.1) is 5.10 Å². The van der Waals surface area contributed by atoms with Crippen LogP contribution in [0.15, 0.2) is 91.1 Å². The van der Waals surface area contributed by atoms with Gasteiger partial charge < -0.3 is 11.5 Å². The molecule has 0 aliphatic rings. The van der Waals surface area contributed by atoms with E-state index in [1.165, 1.54) is 12.1 Å². The molecule has 0 radical (unpaired) electrons. The summed E-state index contributed by atoms with van der Waals surface area (Å²) in [6, 6.07) is 25.0. The molecule has 1 aromatic heterocycles. The van der Waals surface area contributed by atoms with E-state index in [0.29, 0.717) is 11.4 Å². The van der Waals surface area contributed by atoms with E-state index < -0.39 is 4.92 Å². The molecule has 0 unspecified atom stereocenters. The van der Waals surface area contributed by atoms with E-state index in [2.05, 4.69) is 10.2 Å². The van der Waals surface area contributed by atoms with Gasteiger partial charge in [-0.05, 0) is 48.0 Å². The molecule has 0 fully saturated rings. The van der Waals surface area contributed by atoms with Gasteiger partial charge in [0.05, 0.1) is 11.1 Å². The van der Waals surface area contributed by atoms with Gasteiger partial charge >= 0.3 is 0 Å². The maximum atomic E-state index is 10.7. The Morgan fingerprint density at radius 2 is 1.31 bits per heavy atom. The van der Waals surface area contributed by atoms with E-state index in [0.717, 1.165) is 22.4 Å². The van der Waals surface area contributed by atoms with Gasteiger partial charge in [0.15, 0.2) is 0 Å². The average molecular weight is 385 g/mol. The highest BCUT2D eigenvalue weighted by Gasteiger charge is 2.11. The van der Waals surface area contributed by atoms with Crippen LogP contribution in [0.25, 0.3) is 22.4 Å². The number of hydrogen-bond donors (Lipinski definition) is 2. The molecule has 1 heterocycles. The molecule has 0 saturated heterocycles. The zero-order valence-electron chi connectivity index (χ0n) is 15.5. The van der Waals surface area contributed by atoms with E-state index >= 15 is 0 Å². The Labute approximate surface area is 167 Å². The van der Waals surface area contributed by atoms with Crippen LogP contribution in [-0.4, -0.2) is 15.1 Å². The van der Waals surface area contributed by atoms with Crippen LogP contribution in [0.5, 0.6) is 0 Å². The van der Waals surface area contributed by atoms with Crippen molar-refractivity contribution in [3.8, 4) is 22.4 Å². The summed E-state index contributed by atoms with van der Waals surface area (Å²) in [4.78, 5) is 10.3. The molecule has 3 aromatic carbocycles. The van der Waals surface area contributed by atoms with Gasteiger partial charge in [0, 0.05) is 34.6 Å². The molecule has 0 saturated carbocycles. The summed E-state index contributed by atoms with van der Waals surface area (Å²) in [6.07, 6.45) is 1.59. The molecule has 4 N–H and O–H groups in total. The van der Waals surface area contributed by atoms with Crippen molar-refractivity contribution >= 4 is 17.1 Å². The lowest BCUT2D eigenvalue weighted by atomic mass is 10.00. The van der Waals surface area contributed by atoms with Gasteiger partial charge in [-0.25, -0.2) is 0 Å². The number of nitro benzene ring substituents is 1. The maximum absolute atomic E-state index is 10.7. The smallest absolute Gasteiger partial charge is 0.269 e. The molecule has 4 aromatic rings. The topological polar surface area (TPSA) is 121 Å². The first kappa shape index (κ1) is 19.5. The number of nitro groups is 1. The van der Waals surface area contributed by atoms with Crippen LogP contribution in [0.4, 0.5) is 17.1 Å². The molecule has 0 aliphatic carbocycles. The third kappa shape index (κ3) is 5.14. The summed E-state index contributed by atoms with van der Waals surface area (Å²) in [5.74, 6) is 0. The van der Waals surface area contributed by atoms with Gasteiger partial charge in [0.1, 0.15) is 5.69 Å². The SMILES string of the molecule is Nc1ccc(-c2nnccc2-c2ccc([N+](=O)[O-])cc2)cc1.Nc1ccccc1. The average Bonchev–Trinajstić information content (AvgIpc) is 2.75. The number of benzene rings is 3. The fourth-order valence-corrected chi connectivity index (χ4v) is 2.63. The largest absolute Gasteiger partial charge is 0.399 e. The van der Waals surface area contributed by atoms with Gasteiger partial charge in [0.25, 0.3) is 5.69 Å². The number of nitrogen functional groups attached to an aromatic ring is 2. The number of para-hydroxylation sites is 1. The van der Waals surface area contributed by atoms with Crippen molar-refractivity contribution in [1.82, 2.24) is 10.2 Å². The number of nitrogens with zero attached hydrogens (tertiary/aromatic N) is 3. The molecule has 7 nitrogen and oxygen atoms in total. The number of aromatic nitrogens is 2. The van der Waals surface area contributed by atoms with Crippen LogP contribution in [-0.2, 0) is 0 Å². The number of rotatable bonds is 3. The van der Waals surface area contributed by atoms with Crippen molar-refractivity contribution in [1.29, 1.82) is 0 Å². The van der Waals surface area contributed by atoms with E-state index in [-0.39, 0.29) is 5.69 Å². The Kier molecular flexibility index (Phi) is 6.12. The molecule has 0 spiro atoms. The van der Waals surface area contributed by atoms with Gasteiger partial charge in [-0.3, -0.25) is 10.1 Å². The van der Waals surface area contributed by atoms with Gasteiger partial charge in [-0.1, -0.05) is 30.3 Å². The molecular weight excluding hydrogens is 366 g/mol. The highest BCUT2D eigenvalue weighted by Crippen LogP contribution is 2.30. The van der Waals surface area contributed by atoms with Crippen LogP contribution in [0, 0.1) is 10.1 Å². The lowest BCUT2D eigenvalue weighted by Crippen LogP contribution is -1.93. The number of nitrogens with two attached hydrogens (primary N) is 2. The maximum Gasteiger partial charge on any atom is 0.269 e. The Morgan fingerprint density at radius 1 is 0.724 bits per heavy atom. The first-order valence-electron chi connectivity index (χ1n) is 8.77. The Bertz CT molecular complexity index is 1080. The van der Waals surface area contributed by atoms with Crippen LogP contribution in [0.3, 0.4) is 0 Å². The summed E-state index contributed by atoms with van der Waals surface area (Å²) < 4.78 is 0. The van der Waals surface area contributed by atoms with Gasteiger partial charge in [0.2, 0.25) is 0 Å². The van der Waals surface area contributed by atoms with E-state index in [9.17, 15) is 10.1 Å². The van der Waals surface area contributed by atoms with Crippen molar-refractivity contribution in [3.63, 3.8) is 0 Å². The summed E-state index contributed by atoms with van der Waals surface area (Å²) >= 11 is 0. The first-order chi connectivity index (χ1) is 14.0. The second kappa shape index (κ2) is 9.09. The van der Waals surface area contributed by atoms with Crippen molar-refractivity contribution in [3.05, 3.63) is 101 Å². The van der Waals surface area contributed by atoms with Crippen LogP contribution in [0.1, 0.15) is 0 Å². The zero-order valence-corrected chi connectivity index (χ0v) is 15.5. The van der Waals surface area contributed by atoms with Crippen molar-refractivity contribution in [2.75, 3.05) is 11.5 Å². The number of non-ortho nitro benzene ring substituents is 1. The number of anilines is 2. The fraction of sp³-hybridized carbons (Fsp3) is 0. The highest BCUT2D eigenvalue weighted by atomic mass is 16.6. The van der Waals surface area contributed by atoms with Crippen LogP contribution >= 0.6 is 0 Å². The van der Waals surface area contributed by atoms with E-state index in [4.69, 9.17) is 11.5 Å². The van der Waals surface area contributed by atoms with Crippen molar-refractivity contribution in [2.24, 2.45) is 0 Å². The third-order valence-electron chi connectivity index (χ3n) is 4.09. The molecule has 4 rings (SSSR count). The standard InChI is InChI=1S/C16H12N4O2.C6H7N/c17-13-5-1-12(2-6-13)16-15(9-10-18-19-16)11-3-7-14(8-4-11)20(21)22;7-6-4-2-1-3-5-6/h1-10H,17H2;1-5H,7H2. The molecule has 0 bridgehead atoms. The third-order valence-corrected chi connectivity index (χ3v) is 4.09. The lowest BCUT2D eigenvalue weighted by Gasteiger charge is -2.08. The van der Waals surface area contributed by atoms with Crippen molar-refractivity contribution < 1.29 is 4.92 Å². The summed E-state index contributed by atoms with van der Waals surface area (Å²) in [6.45, 7) is 0. The fourth-order valence-electron chi connectivity index (χ4n) is 2.63. The van der Waals surface area contributed by atoms with Crippen molar-refractivity contribution in [2.45, 2.75) is 0 Å². The molecular formula is C22H19N5O2. The summed E-state index contributed by atoms with van der Waals surface area (Å²) in [7, 11) is 0. The minimum atomic E-state index is -0.421. The zero-order chi connectivity index (χ0) is 20.6. The second-order valence-electron chi connectivity index (χ2n) is 6.13. The van der Waals surface area contributed by atoms with Crippen LogP contribution in [0.2, 0.25) is 0 Å². The first-order valence-corrected chi connectivity index (χ1v) is 8.77. The summed E-state index contributed by atoms with van der Waals surface area (Å²) in [5, 5.41) is 18.9. The normalized spacial score (nSPS) is 9.93. The Balaban J connectivity index is 0.000000290. The molecule has 0 atom stereocenters. The van der Waals surface area contributed by atoms with E-state index in [1.807, 2.05) is 48.5 Å². The summed E-state index contributed by atoms with van der Waals surface area (Å²) in [5.41, 5.74) is 15.9. The van der Waals surface area contributed by atoms with Gasteiger partial charge in [-0.2, -0.15) is 5.10 Å². The lowest BCUT2D eigenvalue weighted by molar-refractivity contribution is -0.384. The molecule has 0 aliphatic heterocycles. The minimum absolute atomic E-state index is 0.0554. The second-order valence-corrected chi connectivity index (χ2v) is 6.13. The molecule has 144 valence electrons. The highest BCUT2D eigenvalue weighted by molar-refractivity contribution is 5.80.